The zero-order valence-corrected chi connectivity index (χ0v) is 10.8. The van der Waals surface area contributed by atoms with Gasteiger partial charge in [-0.25, -0.2) is 0 Å². The van der Waals surface area contributed by atoms with Crippen LogP contribution in [0, 0.1) is 5.92 Å². The van der Waals surface area contributed by atoms with Crippen LogP contribution >= 0.6 is 0 Å². The Kier molecular flexibility index (Phi) is 2.98. The molecule has 1 aliphatic carbocycles. The molecule has 1 heterocycles. The number of hydrogen-bond acceptors (Lipinski definition) is 2. The number of rotatable bonds is 1. The first-order chi connectivity index (χ1) is 8.74. The van der Waals surface area contributed by atoms with Gasteiger partial charge in [-0.1, -0.05) is 24.6 Å². The van der Waals surface area contributed by atoms with Crippen LogP contribution < -0.4 is 4.74 Å². The minimum Gasteiger partial charge on any atom is -0.489 e. The maximum Gasteiger partial charge on any atom is 0.226 e. The molecular formula is C15H19NO2. The van der Waals surface area contributed by atoms with E-state index in [2.05, 4.69) is 6.07 Å². The van der Waals surface area contributed by atoms with Crippen molar-refractivity contribution in [2.75, 3.05) is 6.54 Å². The van der Waals surface area contributed by atoms with E-state index in [9.17, 15) is 4.79 Å². The number of benzene rings is 1. The highest BCUT2D eigenvalue weighted by Gasteiger charge is 2.32. The molecule has 0 radical (unpaired) electrons. The predicted molar refractivity (Wildman–Crippen MR) is 69.3 cm³/mol. The van der Waals surface area contributed by atoms with E-state index in [1.54, 1.807) is 0 Å². The van der Waals surface area contributed by atoms with Gasteiger partial charge in [-0.2, -0.15) is 0 Å². The molecule has 1 atom stereocenters. The Bertz CT molecular complexity index is 454. The van der Waals surface area contributed by atoms with Crippen molar-refractivity contribution in [2.24, 2.45) is 5.92 Å². The van der Waals surface area contributed by atoms with Crippen molar-refractivity contribution in [3.63, 3.8) is 0 Å². The fourth-order valence-electron chi connectivity index (χ4n) is 2.67. The first kappa shape index (κ1) is 11.6. The summed E-state index contributed by atoms with van der Waals surface area (Å²) >= 11 is 0. The van der Waals surface area contributed by atoms with E-state index in [1.165, 1.54) is 6.42 Å². The third-order valence-corrected chi connectivity index (χ3v) is 3.91. The smallest absolute Gasteiger partial charge is 0.226 e. The molecule has 3 heteroatoms. The van der Waals surface area contributed by atoms with Gasteiger partial charge < -0.3 is 9.64 Å². The summed E-state index contributed by atoms with van der Waals surface area (Å²) in [6.07, 6.45) is 3.39. The van der Waals surface area contributed by atoms with E-state index in [1.807, 2.05) is 30.0 Å². The maximum absolute atomic E-state index is 12.4. The maximum atomic E-state index is 12.4. The quantitative estimate of drug-likeness (QED) is 0.761. The van der Waals surface area contributed by atoms with Crippen LogP contribution in [0.1, 0.15) is 31.7 Å². The lowest BCUT2D eigenvalue weighted by Gasteiger charge is -2.31. The van der Waals surface area contributed by atoms with E-state index in [0.29, 0.717) is 19.0 Å². The highest BCUT2D eigenvalue weighted by Crippen LogP contribution is 2.31. The Morgan fingerprint density at radius 2 is 2.11 bits per heavy atom. The van der Waals surface area contributed by atoms with Gasteiger partial charge in [-0.15, -0.1) is 0 Å². The minimum atomic E-state index is 0.0673. The summed E-state index contributed by atoms with van der Waals surface area (Å²) in [4.78, 5) is 14.3. The van der Waals surface area contributed by atoms with Crippen molar-refractivity contribution in [3.05, 3.63) is 29.8 Å². The normalized spacial score (nSPS) is 23.6. The average Bonchev–Trinajstić information content (AvgIpc) is 2.44. The standard InChI is InChI=1S/C15H19NO2/c1-11-9-16(15(17)12-6-4-7-12)10-13-5-2-3-8-14(13)18-11/h2-3,5,8,11-12H,4,6-7,9-10H2,1H3. The van der Waals surface area contributed by atoms with Gasteiger partial charge in [0.15, 0.2) is 0 Å². The van der Waals surface area contributed by atoms with Gasteiger partial charge in [0.1, 0.15) is 11.9 Å². The summed E-state index contributed by atoms with van der Waals surface area (Å²) in [5.74, 6) is 1.50. The Morgan fingerprint density at radius 1 is 1.33 bits per heavy atom. The number of amides is 1. The number of carbonyl (C=O) groups is 1. The average molecular weight is 245 g/mol. The summed E-state index contributed by atoms with van der Waals surface area (Å²) in [5, 5.41) is 0. The summed E-state index contributed by atoms with van der Waals surface area (Å²) in [5.41, 5.74) is 1.12. The second-order valence-electron chi connectivity index (χ2n) is 5.38. The first-order valence-corrected chi connectivity index (χ1v) is 6.77. The van der Waals surface area contributed by atoms with Crippen LogP contribution in [0.2, 0.25) is 0 Å². The van der Waals surface area contributed by atoms with Gasteiger partial charge in [0.2, 0.25) is 5.91 Å². The lowest BCUT2D eigenvalue weighted by Crippen LogP contribution is -2.41. The third kappa shape index (κ3) is 2.09. The molecule has 3 nitrogen and oxygen atoms in total. The fraction of sp³-hybridized carbons (Fsp3) is 0.533. The van der Waals surface area contributed by atoms with Crippen LogP contribution in [0.4, 0.5) is 0 Å². The number of nitrogens with zero attached hydrogens (tertiary/aromatic N) is 1. The van der Waals surface area contributed by atoms with Gasteiger partial charge in [0.25, 0.3) is 0 Å². The summed E-state index contributed by atoms with van der Waals surface area (Å²) in [7, 11) is 0. The second-order valence-corrected chi connectivity index (χ2v) is 5.38. The van der Waals surface area contributed by atoms with Gasteiger partial charge >= 0.3 is 0 Å². The monoisotopic (exact) mass is 245 g/mol. The SMILES string of the molecule is CC1CN(C(=O)C2CCC2)Cc2ccccc2O1. The molecule has 0 aromatic heterocycles. The Hall–Kier alpha value is -1.51. The molecule has 1 saturated carbocycles. The molecule has 1 amide bonds. The zero-order chi connectivity index (χ0) is 12.5. The molecule has 0 bridgehead atoms. The second kappa shape index (κ2) is 4.63. The number of ether oxygens (including phenoxy) is 1. The van der Waals surface area contributed by atoms with Crippen molar-refractivity contribution in [1.29, 1.82) is 0 Å². The van der Waals surface area contributed by atoms with Gasteiger partial charge in [-0.3, -0.25) is 4.79 Å². The van der Waals surface area contributed by atoms with Crippen LogP contribution in [0.25, 0.3) is 0 Å². The summed E-state index contributed by atoms with van der Waals surface area (Å²) < 4.78 is 5.87. The molecule has 0 spiro atoms. The fourth-order valence-corrected chi connectivity index (χ4v) is 2.67. The molecular weight excluding hydrogens is 226 g/mol. The molecule has 0 saturated heterocycles. The Morgan fingerprint density at radius 3 is 2.83 bits per heavy atom. The molecule has 1 fully saturated rings. The van der Waals surface area contributed by atoms with Crippen molar-refractivity contribution in [2.45, 2.75) is 38.8 Å². The van der Waals surface area contributed by atoms with Crippen LogP contribution in [-0.4, -0.2) is 23.5 Å². The Labute approximate surface area is 108 Å². The number of fused-ring (bicyclic) bond motifs is 1. The van der Waals surface area contributed by atoms with Crippen LogP contribution in [0.5, 0.6) is 5.75 Å². The van der Waals surface area contributed by atoms with E-state index < -0.39 is 0 Å². The number of carbonyl (C=O) groups excluding carboxylic acids is 1. The summed E-state index contributed by atoms with van der Waals surface area (Å²) in [6, 6.07) is 8.02. The van der Waals surface area contributed by atoms with Crippen molar-refractivity contribution in [1.82, 2.24) is 4.90 Å². The lowest BCUT2D eigenvalue weighted by atomic mass is 9.84. The molecule has 1 unspecified atom stereocenters. The molecule has 3 rings (SSSR count). The van der Waals surface area contributed by atoms with E-state index >= 15 is 0 Å². The molecule has 1 aromatic carbocycles. The van der Waals surface area contributed by atoms with Gasteiger partial charge in [0, 0.05) is 18.0 Å². The lowest BCUT2D eigenvalue weighted by molar-refractivity contribution is -0.139. The number of hydrogen-bond donors (Lipinski definition) is 0. The van der Waals surface area contributed by atoms with Crippen molar-refractivity contribution in [3.8, 4) is 5.75 Å². The number of para-hydroxylation sites is 1. The topological polar surface area (TPSA) is 29.5 Å². The predicted octanol–water partition coefficient (Wildman–Crippen LogP) is 2.60. The molecule has 1 aromatic rings. The molecule has 18 heavy (non-hydrogen) atoms. The molecule has 96 valence electrons. The Balaban J connectivity index is 1.82. The highest BCUT2D eigenvalue weighted by atomic mass is 16.5. The largest absolute Gasteiger partial charge is 0.489 e. The van der Waals surface area contributed by atoms with Crippen LogP contribution in [0.3, 0.4) is 0 Å². The first-order valence-electron chi connectivity index (χ1n) is 6.77. The van der Waals surface area contributed by atoms with Gasteiger partial charge in [-0.05, 0) is 25.8 Å². The van der Waals surface area contributed by atoms with Gasteiger partial charge in [0.05, 0.1) is 6.54 Å². The van der Waals surface area contributed by atoms with Crippen LogP contribution in [-0.2, 0) is 11.3 Å². The molecule has 2 aliphatic rings. The van der Waals surface area contributed by atoms with E-state index in [4.69, 9.17) is 4.74 Å². The van der Waals surface area contributed by atoms with Crippen LogP contribution in [0.15, 0.2) is 24.3 Å². The van der Waals surface area contributed by atoms with E-state index in [-0.39, 0.29) is 12.0 Å². The van der Waals surface area contributed by atoms with Crippen molar-refractivity contribution < 1.29 is 9.53 Å². The summed E-state index contributed by atoms with van der Waals surface area (Å²) in [6.45, 7) is 3.42. The zero-order valence-electron chi connectivity index (χ0n) is 10.8. The minimum absolute atomic E-state index is 0.0673. The van der Waals surface area contributed by atoms with E-state index in [0.717, 1.165) is 24.2 Å². The van der Waals surface area contributed by atoms with Crippen molar-refractivity contribution >= 4 is 5.91 Å². The molecule has 1 aliphatic heterocycles. The third-order valence-electron chi connectivity index (χ3n) is 3.91. The highest BCUT2D eigenvalue weighted by molar-refractivity contribution is 5.79. The molecule has 0 N–H and O–H groups in total.